The van der Waals surface area contributed by atoms with Crippen LogP contribution >= 0.6 is 0 Å². The number of hydrogen-bond acceptors (Lipinski definition) is 7. The van der Waals surface area contributed by atoms with Gasteiger partial charge in [0.05, 0.1) is 40.3 Å². The first-order valence-corrected chi connectivity index (χ1v) is 21.6. The molecule has 0 N–H and O–H groups in total. The van der Waals surface area contributed by atoms with Gasteiger partial charge in [0.15, 0.2) is 6.10 Å². The third-order valence-electron chi connectivity index (χ3n) is 8.69. The molecule has 0 heterocycles. The molecule has 0 rings (SSSR count). The molecule has 0 aliphatic heterocycles. The third-order valence-corrected chi connectivity index (χ3v) is 8.69. The predicted molar refractivity (Wildman–Crippen MR) is 240 cm³/mol. The van der Waals surface area contributed by atoms with E-state index >= 15 is 0 Å². The number of rotatable bonds is 36. The number of carboxylic acid groups (broad SMARTS) is 1. The van der Waals surface area contributed by atoms with Crippen molar-refractivity contribution in [2.45, 2.75) is 135 Å². The Kier molecular flexibility index (Phi) is 36.6. The molecule has 0 aliphatic rings. The molecule has 0 amide bonds. The van der Waals surface area contributed by atoms with E-state index in [1.54, 1.807) is 21.1 Å². The Bertz CT molecular complexity index is 1350. The van der Waals surface area contributed by atoms with Crippen LogP contribution < -0.4 is 5.11 Å². The number of aliphatic carboxylic acids is 1. The zero-order valence-corrected chi connectivity index (χ0v) is 36.6. The summed E-state index contributed by atoms with van der Waals surface area (Å²) in [6, 6.07) is -0.748. The van der Waals surface area contributed by atoms with E-state index in [4.69, 9.17) is 14.2 Å². The maximum Gasteiger partial charge on any atom is 0.306 e. The summed E-state index contributed by atoms with van der Waals surface area (Å²) < 4.78 is 17.0. The lowest BCUT2D eigenvalue weighted by Crippen LogP contribution is -2.55. The maximum absolute atomic E-state index is 12.7. The van der Waals surface area contributed by atoms with Crippen molar-refractivity contribution in [3.63, 3.8) is 0 Å². The highest BCUT2D eigenvalue weighted by Crippen LogP contribution is 2.11. The molecule has 0 aromatic carbocycles. The van der Waals surface area contributed by atoms with Gasteiger partial charge in [-0.25, -0.2) is 0 Å². The molecule has 0 bridgehead atoms. The topological polar surface area (TPSA) is 102 Å². The Morgan fingerprint density at radius 2 is 1.00 bits per heavy atom. The number of carboxylic acids is 1. The molecule has 2 unspecified atom stereocenters. The van der Waals surface area contributed by atoms with Crippen LogP contribution in [0.15, 0.2) is 122 Å². The Morgan fingerprint density at radius 1 is 0.534 bits per heavy atom. The number of nitrogens with zero attached hydrogens (tertiary/aromatic N) is 1. The van der Waals surface area contributed by atoms with Gasteiger partial charge in [-0.3, -0.25) is 9.59 Å². The number of quaternary nitrogens is 1. The molecular formula is C50H77NO7. The monoisotopic (exact) mass is 804 g/mol. The summed E-state index contributed by atoms with van der Waals surface area (Å²) in [6.07, 6.45) is 55.2. The highest BCUT2D eigenvalue weighted by molar-refractivity contribution is 5.70. The molecule has 8 heteroatoms. The van der Waals surface area contributed by atoms with Crippen molar-refractivity contribution in [2.24, 2.45) is 0 Å². The zero-order valence-electron chi connectivity index (χ0n) is 36.6. The molecule has 0 aliphatic carbocycles. The zero-order chi connectivity index (χ0) is 42.8. The maximum atomic E-state index is 12.7. The molecule has 0 radical (unpaired) electrons. The molecule has 0 aromatic rings. The fourth-order valence-corrected chi connectivity index (χ4v) is 5.38. The minimum absolute atomic E-state index is 0.000478. The lowest BCUT2D eigenvalue weighted by atomic mass is 10.1. The second-order valence-electron chi connectivity index (χ2n) is 14.9. The SMILES string of the molecule is CC/C=C/C=C/C=C/C=C/CCCCCC(=O)OCC(COCCC(C(=O)[O-])[N+](C)(C)C)OC(=O)CCCC/C=C/C/C=C/C/C=C/C/C=C/C/C=C/C/C=C/CC. The molecule has 8 nitrogen and oxygen atoms in total. The normalized spacial score (nSPS) is 14.2. The quantitative estimate of drug-likeness (QED) is 0.0204. The Morgan fingerprint density at radius 3 is 1.55 bits per heavy atom. The van der Waals surface area contributed by atoms with Gasteiger partial charge in [-0.15, -0.1) is 0 Å². The van der Waals surface area contributed by atoms with Gasteiger partial charge >= 0.3 is 11.9 Å². The second kappa shape index (κ2) is 39.6. The lowest BCUT2D eigenvalue weighted by molar-refractivity contribution is -0.889. The summed E-state index contributed by atoms with van der Waals surface area (Å²) in [5, 5.41) is 11.6. The van der Waals surface area contributed by atoms with Crippen LogP contribution in [0.1, 0.15) is 123 Å². The molecule has 58 heavy (non-hydrogen) atoms. The van der Waals surface area contributed by atoms with Crippen LogP contribution in [0.3, 0.4) is 0 Å². The first kappa shape index (κ1) is 53.7. The minimum atomic E-state index is -1.15. The number of unbranched alkanes of at least 4 members (excludes halogenated alkanes) is 5. The van der Waals surface area contributed by atoms with Crippen LogP contribution in [0.5, 0.6) is 0 Å². The summed E-state index contributed by atoms with van der Waals surface area (Å²) >= 11 is 0. The Hall–Kier alpha value is -4.27. The predicted octanol–water partition coefficient (Wildman–Crippen LogP) is 10.5. The minimum Gasteiger partial charge on any atom is -0.544 e. The van der Waals surface area contributed by atoms with Crippen molar-refractivity contribution in [1.29, 1.82) is 0 Å². The number of likely N-dealkylation sites (N-methyl/N-ethyl adjacent to an activating group) is 1. The summed E-state index contributed by atoms with van der Waals surface area (Å²) in [4.78, 5) is 36.8. The van der Waals surface area contributed by atoms with Crippen molar-refractivity contribution in [3.8, 4) is 0 Å². The van der Waals surface area contributed by atoms with Gasteiger partial charge in [0.1, 0.15) is 12.6 Å². The van der Waals surface area contributed by atoms with Crippen molar-refractivity contribution < 1.29 is 38.2 Å². The van der Waals surface area contributed by atoms with Crippen molar-refractivity contribution in [3.05, 3.63) is 122 Å². The van der Waals surface area contributed by atoms with Crippen LogP contribution in [0, 0.1) is 0 Å². The van der Waals surface area contributed by atoms with Crippen LogP contribution in [-0.4, -0.2) is 75.5 Å². The number of carbonyl (C=O) groups excluding carboxylic acids is 3. The number of carbonyl (C=O) groups is 3. The Labute approximate surface area is 352 Å². The molecule has 2 atom stereocenters. The fraction of sp³-hybridized carbons (Fsp3) is 0.540. The largest absolute Gasteiger partial charge is 0.544 e. The Balaban J connectivity index is 4.52. The molecule has 0 spiro atoms. The number of ether oxygens (including phenoxy) is 3. The van der Waals surface area contributed by atoms with E-state index in [9.17, 15) is 19.5 Å². The highest BCUT2D eigenvalue weighted by atomic mass is 16.6. The van der Waals surface area contributed by atoms with Gasteiger partial charge in [0.25, 0.3) is 0 Å². The van der Waals surface area contributed by atoms with Crippen LogP contribution in [0.2, 0.25) is 0 Å². The van der Waals surface area contributed by atoms with E-state index in [2.05, 4.69) is 98.9 Å². The van der Waals surface area contributed by atoms with Crippen LogP contribution in [0.25, 0.3) is 0 Å². The first-order chi connectivity index (χ1) is 28.1. The van der Waals surface area contributed by atoms with E-state index in [1.807, 2.05) is 36.5 Å². The molecule has 0 aromatic heterocycles. The van der Waals surface area contributed by atoms with Crippen molar-refractivity contribution in [1.82, 2.24) is 0 Å². The van der Waals surface area contributed by atoms with Crippen LogP contribution in [-0.2, 0) is 28.6 Å². The summed E-state index contributed by atoms with van der Waals surface area (Å²) in [6.45, 7) is 4.28. The third kappa shape index (κ3) is 37.3. The summed E-state index contributed by atoms with van der Waals surface area (Å²) in [5.41, 5.74) is 0. The van der Waals surface area contributed by atoms with E-state index in [0.717, 1.165) is 77.0 Å². The molecule has 0 fully saturated rings. The summed E-state index contributed by atoms with van der Waals surface area (Å²) in [5.74, 6) is -1.87. The number of hydrogen-bond donors (Lipinski definition) is 0. The van der Waals surface area contributed by atoms with E-state index < -0.39 is 18.1 Å². The van der Waals surface area contributed by atoms with Gasteiger partial charge in [0.2, 0.25) is 0 Å². The molecular weight excluding hydrogens is 727 g/mol. The van der Waals surface area contributed by atoms with Gasteiger partial charge in [-0.2, -0.15) is 0 Å². The summed E-state index contributed by atoms with van der Waals surface area (Å²) in [7, 11) is 5.36. The van der Waals surface area contributed by atoms with Gasteiger partial charge in [-0.05, 0) is 83.5 Å². The van der Waals surface area contributed by atoms with Crippen LogP contribution in [0.4, 0.5) is 0 Å². The van der Waals surface area contributed by atoms with Crippen molar-refractivity contribution in [2.75, 3.05) is 41.0 Å². The van der Waals surface area contributed by atoms with E-state index in [-0.39, 0.29) is 55.5 Å². The van der Waals surface area contributed by atoms with E-state index in [0.29, 0.717) is 12.8 Å². The van der Waals surface area contributed by atoms with Gasteiger partial charge in [-0.1, -0.05) is 142 Å². The first-order valence-electron chi connectivity index (χ1n) is 21.6. The molecule has 0 saturated heterocycles. The van der Waals surface area contributed by atoms with Crippen molar-refractivity contribution >= 4 is 17.9 Å². The molecule has 324 valence electrons. The molecule has 0 saturated carbocycles. The average Bonchev–Trinajstić information content (AvgIpc) is 3.18. The van der Waals surface area contributed by atoms with Gasteiger partial charge in [0, 0.05) is 19.3 Å². The highest BCUT2D eigenvalue weighted by Gasteiger charge is 2.25. The fourth-order valence-electron chi connectivity index (χ4n) is 5.38. The number of esters is 2. The lowest BCUT2D eigenvalue weighted by Gasteiger charge is -2.34. The number of allylic oxidation sites excluding steroid dienone is 20. The average molecular weight is 804 g/mol. The second-order valence-corrected chi connectivity index (χ2v) is 14.9. The van der Waals surface area contributed by atoms with Gasteiger partial charge < -0.3 is 28.6 Å². The smallest absolute Gasteiger partial charge is 0.306 e. The van der Waals surface area contributed by atoms with E-state index in [1.165, 1.54) is 0 Å². The standard InChI is InChI=1S/C50H77NO7/c1-6-8-10-12-14-16-18-20-21-22-23-24-25-26-27-29-31-33-35-37-39-41-49(53)58-46(44-56-43-42-47(50(54)55)51(3,4)5)45-57-48(52)40-38-36-34-32-30-28-19-17-15-13-11-9-7-2/h8-11,13-17,19-21,23-24,26-28,30-31,33,46-47H,6-7,12,18,22,25,29,32,34-45H2,1-5H3/b10-8+,11-9+,15-13+,16-14+,19-17+,21-20+,24-23+,27-26+,30-28+,33-31+.